The van der Waals surface area contributed by atoms with Crippen LogP contribution in [0.1, 0.15) is 29.0 Å². The van der Waals surface area contributed by atoms with Gasteiger partial charge in [-0.1, -0.05) is 24.3 Å². The van der Waals surface area contributed by atoms with Crippen LogP contribution in [0.15, 0.2) is 48.5 Å². The summed E-state index contributed by atoms with van der Waals surface area (Å²) >= 11 is 0. The molecule has 2 heterocycles. The molecule has 4 rings (SSSR count). The number of carbonyl (C=O) groups is 1. The van der Waals surface area contributed by atoms with E-state index in [0.29, 0.717) is 30.9 Å². The van der Waals surface area contributed by atoms with Crippen LogP contribution in [0.2, 0.25) is 0 Å². The van der Waals surface area contributed by atoms with Crippen LogP contribution < -0.4 is 10.1 Å². The number of aromatic amines is 1. The lowest BCUT2D eigenvalue weighted by atomic mass is 10.2. The second-order valence-electron chi connectivity index (χ2n) is 6.65. The van der Waals surface area contributed by atoms with Crippen molar-refractivity contribution in [3.63, 3.8) is 0 Å². The van der Waals surface area contributed by atoms with Gasteiger partial charge in [-0.2, -0.15) is 0 Å². The van der Waals surface area contributed by atoms with Crippen molar-refractivity contribution in [3.8, 4) is 5.75 Å². The molecular weight excluding hydrogens is 342 g/mol. The van der Waals surface area contributed by atoms with Crippen molar-refractivity contribution in [2.45, 2.75) is 25.4 Å². The Morgan fingerprint density at radius 3 is 2.93 bits per heavy atom. The summed E-state index contributed by atoms with van der Waals surface area (Å²) in [6.07, 6.45) is 2.83. The van der Waals surface area contributed by atoms with Gasteiger partial charge in [0.2, 0.25) is 0 Å². The van der Waals surface area contributed by atoms with Crippen LogP contribution >= 0.6 is 0 Å². The maximum atomic E-state index is 12.6. The Hall–Kier alpha value is -2.86. The lowest BCUT2D eigenvalue weighted by Crippen LogP contribution is -2.27. The number of imidazole rings is 1. The van der Waals surface area contributed by atoms with Crippen LogP contribution in [0.3, 0.4) is 0 Å². The van der Waals surface area contributed by atoms with Gasteiger partial charge >= 0.3 is 0 Å². The maximum absolute atomic E-state index is 12.6. The molecule has 0 aliphatic carbocycles. The molecule has 1 fully saturated rings. The van der Waals surface area contributed by atoms with E-state index in [1.807, 2.05) is 42.5 Å². The van der Waals surface area contributed by atoms with Crippen molar-refractivity contribution in [1.82, 2.24) is 15.3 Å². The summed E-state index contributed by atoms with van der Waals surface area (Å²) in [7, 11) is 0. The molecule has 6 heteroatoms. The number of nitrogens with one attached hydrogen (secondary N) is 2. The van der Waals surface area contributed by atoms with Gasteiger partial charge in [0.05, 0.1) is 22.7 Å². The predicted molar refractivity (Wildman–Crippen MR) is 103 cm³/mol. The van der Waals surface area contributed by atoms with Gasteiger partial charge in [0.1, 0.15) is 18.2 Å². The Morgan fingerprint density at radius 2 is 2.07 bits per heavy atom. The largest absolute Gasteiger partial charge is 0.490 e. The third kappa shape index (κ3) is 4.28. The van der Waals surface area contributed by atoms with E-state index in [0.717, 1.165) is 36.3 Å². The monoisotopic (exact) mass is 365 g/mol. The van der Waals surface area contributed by atoms with E-state index in [-0.39, 0.29) is 12.0 Å². The maximum Gasteiger partial charge on any atom is 0.255 e. The fraction of sp³-hybridized carbons (Fsp3) is 0.333. The first-order valence-electron chi connectivity index (χ1n) is 9.35. The molecule has 0 unspecified atom stereocenters. The Balaban J connectivity index is 1.33. The molecule has 1 amide bonds. The number of hydrogen-bond acceptors (Lipinski definition) is 4. The molecule has 140 valence electrons. The third-order valence-electron chi connectivity index (χ3n) is 4.67. The van der Waals surface area contributed by atoms with Crippen molar-refractivity contribution in [2.75, 3.05) is 19.8 Å². The summed E-state index contributed by atoms with van der Waals surface area (Å²) in [4.78, 5) is 20.4. The lowest BCUT2D eigenvalue weighted by Gasteiger charge is -2.14. The van der Waals surface area contributed by atoms with Gasteiger partial charge in [0, 0.05) is 19.6 Å². The van der Waals surface area contributed by atoms with Gasteiger partial charge in [-0.3, -0.25) is 4.79 Å². The van der Waals surface area contributed by atoms with Crippen molar-refractivity contribution in [3.05, 3.63) is 59.9 Å². The average Bonchev–Trinajstić information content (AvgIpc) is 3.35. The topological polar surface area (TPSA) is 76.2 Å². The van der Waals surface area contributed by atoms with Crippen molar-refractivity contribution in [1.29, 1.82) is 0 Å². The fourth-order valence-corrected chi connectivity index (χ4v) is 3.25. The van der Waals surface area contributed by atoms with Gasteiger partial charge in [0.15, 0.2) is 0 Å². The highest BCUT2D eigenvalue weighted by atomic mass is 16.5. The number of para-hydroxylation sites is 3. The summed E-state index contributed by atoms with van der Waals surface area (Å²) in [6, 6.07) is 15.2. The summed E-state index contributed by atoms with van der Waals surface area (Å²) in [5.41, 5.74) is 2.48. The van der Waals surface area contributed by atoms with Crippen LogP contribution in [0, 0.1) is 0 Å². The molecule has 2 N–H and O–H groups in total. The first-order valence-corrected chi connectivity index (χ1v) is 9.35. The van der Waals surface area contributed by atoms with Crippen LogP contribution in [-0.4, -0.2) is 41.7 Å². The predicted octanol–water partition coefficient (Wildman–Crippen LogP) is 3.09. The second kappa shape index (κ2) is 8.22. The zero-order valence-corrected chi connectivity index (χ0v) is 15.1. The van der Waals surface area contributed by atoms with E-state index in [1.54, 1.807) is 6.07 Å². The lowest BCUT2D eigenvalue weighted by molar-refractivity contribution is 0.0670. The first-order chi connectivity index (χ1) is 13.3. The highest BCUT2D eigenvalue weighted by Gasteiger charge is 2.18. The highest BCUT2D eigenvalue weighted by molar-refractivity contribution is 5.96. The second-order valence-corrected chi connectivity index (χ2v) is 6.65. The van der Waals surface area contributed by atoms with E-state index in [1.165, 1.54) is 0 Å². The molecule has 0 bridgehead atoms. The average molecular weight is 365 g/mol. The summed E-state index contributed by atoms with van der Waals surface area (Å²) in [5, 5.41) is 2.95. The molecular formula is C21H23N3O3. The standard InChI is InChI=1S/C21H23N3O3/c25-21(22-12-11-20-23-17-8-2-3-9-18(17)24-20)16-7-1-4-10-19(16)27-14-15-6-5-13-26-15/h1-4,7-10,15H,5-6,11-14H2,(H,22,25)(H,23,24)/t15-/m0/s1. The highest BCUT2D eigenvalue weighted by Crippen LogP contribution is 2.20. The molecule has 0 spiro atoms. The molecule has 1 saturated heterocycles. The number of hydrogen-bond donors (Lipinski definition) is 2. The van der Waals surface area contributed by atoms with Gasteiger partial charge in [-0.05, 0) is 37.1 Å². The molecule has 1 aliphatic heterocycles. The number of aromatic nitrogens is 2. The van der Waals surface area contributed by atoms with E-state index in [4.69, 9.17) is 9.47 Å². The molecule has 3 aromatic rings. The molecule has 0 radical (unpaired) electrons. The zero-order chi connectivity index (χ0) is 18.5. The Kier molecular flexibility index (Phi) is 5.34. The minimum atomic E-state index is -0.144. The van der Waals surface area contributed by atoms with Crippen LogP contribution in [0.4, 0.5) is 0 Å². The number of carbonyl (C=O) groups excluding carboxylic acids is 1. The molecule has 2 aromatic carbocycles. The summed E-state index contributed by atoms with van der Waals surface area (Å²) in [5.74, 6) is 1.31. The molecule has 27 heavy (non-hydrogen) atoms. The fourth-order valence-electron chi connectivity index (χ4n) is 3.25. The van der Waals surface area contributed by atoms with Crippen molar-refractivity contribution in [2.24, 2.45) is 0 Å². The number of amides is 1. The molecule has 1 aliphatic rings. The zero-order valence-electron chi connectivity index (χ0n) is 15.1. The smallest absolute Gasteiger partial charge is 0.255 e. The minimum Gasteiger partial charge on any atom is -0.490 e. The summed E-state index contributed by atoms with van der Waals surface area (Å²) in [6.45, 7) is 1.76. The van der Waals surface area contributed by atoms with Gasteiger partial charge in [-0.15, -0.1) is 0 Å². The number of nitrogens with zero attached hydrogens (tertiary/aromatic N) is 1. The van der Waals surface area contributed by atoms with E-state index < -0.39 is 0 Å². The van der Waals surface area contributed by atoms with E-state index in [9.17, 15) is 4.79 Å². The van der Waals surface area contributed by atoms with Gasteiger partial charge < -0.3 is 19.8 Å². The van der Waals surface area contributed by atoms with Gasteiger partial charge in [0.25, 0.3) is 5.91 Å². The number of fused-ring (bicyclic) bond motifs is 1. The Morgan fingerprint density at radius 1 is 1.22 bits per heavy atom. The minimum absolute atomic E-state index is 0.120. The van der Waals surface area contributed by atoms with Crippen LogP contribution in [0.25, 0.3) is 11.0 Å². The molecule has 0 saturated carbocycles. The number of benzene rings is 2. The Bertz CT molecular complexity index is 883. The molecule has 1 aromatic heterocycles. The van der Waals surface area contributed by atoms with E-state index >= 15 is 0 Å². The number of ether oxygens (including phenoxy) is 2. The number of rotatable bonds is 7. The Labute approximate surface area is 157 Å². The number of H-pyrrole nitrogens is 1. The van der Waals surface area contributed by atoms with E-state index in [2.05, 4.69) is 15.3 Å². The quantitative estimate of drug-likeness (QED) is 0.675. The van der Waals surface area contributed by atoms with Crippen molar-refractivity contribution >= 4 is 16.9 Å². The molecule has 6 nitrogen and oxygen atoms in total. The van der Waals surface area contributed by atoms with Gasteiger partial charge in [-0.25, -0.2) is 4.98 Å². The normalized spacial score (nSPS) is 16.5. The van der Waals surface area contributed by atoms with Crippen LogP contribution in [0.5, 0.6) is 5.75 Å². The van der Waals surface area contributed by atoms with Crippen LogP contribution in [-0.2, 0) is 11.2 Å². The SMILES string of the molecule is O=C(NCCc1nc2ccccc2[nH]1)c1ccccc1OC[C@@H]1CCCO1. The first kappa shape index (κ1) is 17.5. The third-order valence-corrected chi connectivity index (χ3v) is 4.67. The summed E-state index contributed by atoms with van der Waals surface area (Å²) < 4.78 is 11.4. The molecule has 1 atom stereocenters. The van der Waals surface area contributed by atoms with Crippen molar-refractivity contribution < 1.29 is 14.3 Å².